The van der Waals surface area contributed by atoms with Gasteiger partial charge >= 0.3 is 6.18 Å². The van der Waals surface area contributed by atoms with Crippen molar-refractivity contribution in [3.8, 4) is 0 Å². The summed E-state index contributed by atoms with van der Waals surface area (Å²) in [6, 6.07) is -8.55. The molecule has 0 aromatic rings. The van der Waals surface area contributed by atoms with Crippen molar-refractivity contribution in [1.29, 1.82) is 0 Å². The molecule has 7 fully saturated rings. The van der Waals surface area contributed by atoms with Gasteiger partial charge in [-0.2, -0.15) is 13.2 Å². The zero-order valence-corrected chi connectivity index (χ0v) is 62.8. The first kappa shape index (κ1) is 82.0. The van der Waals surface area contributed by atoms with E-state index in [9.17, 15) is 41.9 Å². The third-order valence-corrected chi connectivity index (χ3v) is 23.6. The number of nitrogens with zero attached hydrogens (tertiary/aromatic N) is 9. The number of hydrogen-bond donors (Lipinski definition) is 3. The molecular formula is C73H118ClF3N12O12. The van der Waals surface area contributed by atoms with Crippen molar-refractivity contribution >= 4 is 82.5 Å². The van der Waals surface area contributed by atoms with Crippen LogP contribution in [-0.2, 0) is 57.5 Å². The lowest BCUT2D eigenvalue weighted by Crippen LogP contribution is -2.65. The lowest BCUT2D eigenvalue weighted by molar-refractivity contribution is -0.182. The number of likely N-dealkylation sites (N-methyl/N-ethyl adjacent to an activating group) is 7. The maximum absolute atomic E-state index is 15.5. The lowest BCUT2D eigenvalue weighted by Gasteiger charge is -2.42. The second kappa shape index (κ2) is 36.9. The molecule has 10 atom stereocenters. The molecule has 3 heterocycles. The van der Waals surface area contributed by atoms with Crippen molar-refractivity contribution in [3.63, 3.8) is 0 Å². The van der Waals surface area contributed by atoms with E-state index >= 15 is 28.8 Å². The van der Waals surface area contributed by atoms with Gasteiger partial charge in [-0.05, 0) is 126 Å². The van der Waals surface area contributed by atoms with Crippen molar-refractivity contribution in [1.82, 2.24) is 60.0 Å². The van der Waals surface area contributed by atoms with Crippen LogP contribution in [0.2, 0.25) is 0 Å². The van der Waals surface area contributed by atoms with Gasteiger partial charge in [0.05, 0.1) is 32.0 Å². The zero-order chi connectivity index (χ0) is 74.4. The Morgan fingerprint density at radius 3 is 1.69 bits per heavy atom. The summed E-state index contributed by atoms with van der Waals surface area (Å²) in [5, 5.41) is 7.66. The molecule has 4 aliphatic carbocycles. The van der Waals surface area contributed by atoms with Crippen LogP contribution in [0.25, 0.3) is 0 Å². The number of hydrogen-bond acceptors (Lipinski definition) is 12. The summed E-state index contributed by atoms with van der Waals surface area (Å²) < 4.78 is 42.0. The van der Waals surface area contributed by atoms with Crippen LogP contribution in [0, 0.1) is 35.5 Å². The standard InChI is InChI=1S/C73H118ClF3N12O12/c1-46(2)38-56-64(94)79-54(40-48-24-15-12-16-25-48)66(96)83(7)44-61(92)81(5)45-62(93)85(9)57(41-49-26-17-13-18-27-49)68(98)82(6)43-59(90)78-53(32-30-50-29-31-51(52(74)39-50)73(75,76)77)67(97)89-37-23-28-55(89)65(95)80-72(33-19-20-34-72)71(101)87(11)63(47(3)4)70(100)86(10)58(42-60(91)84(56)8)69(99)88-35-21-14-22-36-88/h46-58,63H,12-45H2,1-11H3,(H,78,90)(H,79,94)(H,80,95)/t50?,51?,52?,53-,54-,55-,56-,57-,58-,63-/m0/s1. The maximum Gasteiger partial charge on any atom is 0.393 e. The van der Waals surface area contributed by atoms with Crippen LogP contribution in [0.3, 0.4) is 0 Å². The summed E-state index contributed by atoms with van der Waals surface area (Å²) in [5.41, 5.74) is -1.56. The molecule has 28 heteroatoms. The lowest BCUT2D eigenvalue weighted by atomic mass is 9.78. The maximum atomic E-state index is 15.5. The first-order chi connectivity index (χ1) is 47.6. The molecule has 24 nitrogen and oxygen atoms in total. The molecule has 4 saturated carbocycles. The van der Waals surface area contributed by atoms with Crippen LogP contribution in [-0.4, -0.2) is 263 Å². The second-order valence-corrected chi connectivity index (χ2v) is 32.1. The Balaban J connectivity index is 1.26. The van der Waals surface area contributed by atoms with Crippen LogP contribution in [0.5, 0.6) is 0 Å². The average Bonchev–Trinajstić information content (AvgIpc) is 1.74. The largest absolute Gasteiger partial charge is 0.393 e. The van der Waals surface area contributed by atoms with Gasteiger partial charge in [-0.25, -0.2) is 0 Å². The van der Waals surface area contributed by atoms with Crippen LogP contribution in [0.15, 0.2) is 0 Å². The number of carbonyl (C=O) groups excluding carboxylic acids is 12. The number of fused-ring (bicyclic) bond motifs is 1. The molecule has 3 aliphatic heterocycles. The predicted octanol–water partition coefficient (Wildman–Crippen LogP) is 6.48. The first-order valence-electron chi connectivity index (χ1n) is 37.6. The number of carbonyl (C=O) groups is 12. The molecule has 3 N–H and O–H groups in total. The molecule has 3 unspecified atom stereocenters. The van der Waals surface area contributed by atoms with Gasteiger partial charge < -0.3 is 60.0 Å². The fourth-order valence-electron chi connectivity index (χ4n) is 16.9. The Labute approximate surface area is 601 Å². The highest BCUT2D eigenvalue weighted by Crippen LogP contribution is 2.44. The molecule has 0 aromatic carbocycles. The minimum absolute atomic E-state index is 0.00115. The van der Waals surface area contributed by atoms with Gasteiger partial charge in [0.15, 0.2) is 0 Å². The smallest absolute Gasteiger partial charge is 0.343 e. The van der Waals surface area contributed by atoms with E-state index in [2.05, 4.69) is 16.0 Å². The van der Waals surface area contributed by atoms with E-state index in [1.54, 1.807) is 18.7 Å². The minimum Gasteiger partial charge on any atom is -0.343 e. The van der Waals surface area contributed by atoms with Crippen molar-refractivity contribution in [3.05, 3.63) is 0 Å². The molecule has 0 bridgehead atoms. The summed E-state index contributed by atoms with van der Waals surface area (Å²) in [4.78, 5) is 191. The van der Waals surface area contributed by atoms with Gasteiger partial charge in [-0.15, -0.1) is 11.6 Å². The SMILES string of the molecule is CC(C)C[C@H]1C(=O)N[C@@H](CC2CCCCC2)C(=O)N(C)CC(=O)N(C)CC(=O)N(C)[C@@H](CC2CCCCC2)C(=O)N(C)CC(=O)N[C@@H](CCC2CCC(C(F)(F)F)C(Cl)C2)C(=O)N2CCC[C@H]2C(=O)NC2(CCCC2)C(=O)N(C)[C@@H](C(C)C)C(=O)N(C)[C@H](C(=O)N2CCCCC2)CC(=O)N1C. The average molecular weight is 1450 g/mol. The van der Waals surface area contributed by atoms with Gasteiger partial charge in [-0.3, -0.25) is 57.5 Å². The van der Waals surface area contributed by atoms with E-state index in [0.29, 0.717) is 45.2 Å². The van der Waals surface area contributed by atoms with E-state index in [1.807, 2.05) is 13.8 Å². The monoisotopic (exact) mass is 1450 g/mol. The molecule has 7 rings (SSSR count). The van der Waals surface area contributed by atoms with E-state index < -0.39 is 168 Å². The molecular weight excluding hydrogens is 1330 g/mol. The number of likely N-dealkylation sites (tertiary alicyclic amines) is 1. The van der Waals surface area contributed by atoms with E-state index in [4.69, 9.17) is 11.6 Å². The molecule has 12 amide bonds. The van der Waals surface area contributed by atoms with Gasteiger partial charge in [0.1, 0.15) is 47.8 Å². The van der Waals surface area contributed by atoms with Crippen molar-refractivity contribution in [2.24, 2.45) is 35.5 Å². The Morgan fingerprint density at radius 2 is 1.11 bits per heavy atom. The number of alkyl halides is 4. The summed E-state index contributed by atoms with van der Waals surface area (Å²) in [7, 11) is 10.1. The molecule has 7 aliphatic rings. The number of piperidine rings is 1. The van der Waals surface area contributed by atoms with Gasteiger partial charge in [0.25, 0.3) is 0 Å². The van der Waals surface area contributed by atoms with Gasteiger partial charge in [0, 0.05) is 74.3 Å². The highest BCUT2D eigenvalue weighted by Gasteiger charge is 2.52. The third-order valence-electron chi connectivity index (χ3n) is 23.1. The molecule has 570 valence electrons. The Kier molecular flexibility index (Phi) is 30.0. The zero-order valence-electron chi connectivity index (χ0n) is 62.1. The van der Waals surface area contributed by atoms with Crippen molar-refractivity contribution in [2.45, 2.75) is 267 Å². The molecule has 3 saturated heterocycles. The highest BCUT2D eigenvalue weighted by atomic mass is 35.5. The van der Waals surface area contributed by atoms with Crippen molar-refractivity contribution in [2.75, 3.05) is 88.6 Å². The summed E-state index contributed by atoms with van der Waals surface area (Å²) in [5.74, 6) is -10.2. The minimum atomic E-state index is -4.51. The Hall–Kier alpha value is -6.28. The predicted molar refractivity (Wildman–Crippen MR) is 375 cm³/mol. The first-order valence-corrected chi connectivity index (χ1v) is 38.1. The molecule has 0 aromatic heterocycles. The van der Waals surface area contributed by atoms with E-state index in [0.717, 1.165) is 75.5 Å². The Bertz CT molecular complexity index is 2920. The number of amides is 12. The Morgan fingerprint density at radius 1 is 0.535 bits per heavy atom. The van der Waals surface area contributed by atoms with Crippen LogP contribution in [0.1, 0.15) is 207 Å². The highest BCUT2D eigenvalue weighted by molar-refractivity contribution is 6.21. The normalized spacial score (nSPS) is 29.7. The summed E-state index contributed by atoms with van der Waals surface area (Å²) in [6.45, 7) is 6.50. The van der Waals surface area contributed by atoms with Crippen LogP contribution in [0.4, 0.5) is 13.2 Å². The van der Waals surface area contributed by atoms with Crippen LogP contribution >= 0.6 is 11.6 Å². The summed E-state index contributed by atoms with van der Waals surface area (Å²) >= 11 is 6.40. The quantitative estimate of drug-likeness (QED) is 0.188. The van der Waals surface area contributed by atoms with E-state index in [1.165, 1.54) is 83.6 Å². The number of nitrogens with one attached hydrogen (secondary N) is 3. The van der Waals surface area contributed by atoms with Gasteiger partial charge in [-0.1, -0.05) is 105 Å². The fraction of sp³-hybridized carbons (Fsp3) is 0.836. The number of halogens is 4. The fourth-order valence-corrected chi connectivity index (χ4v) is 17.5. The second-order valence-electron chi connectivity index (χ2n) is 31.5. The van der Waals surface area contributed by atoms with E-state index in [-0.39, 0.29) is 101 Å². The molecule has 0 radical (unpaired) electrons. The third kappa shape index (κ3) is 21.4. The molecule has 1 spiro atoms. The summed E-state index contributed by atoms with van der Waals surface area (Å²) in [6.07, 6.45) is 8.66. The topological polar surface area (TPSA) is 270 Å². The molecule has 101 heavy (non-hydrogen) atoms. The van der Waals surface area contributed by atoms with Gasteiger partial charge in [0.2, 0.25) is 70.9 Å². The van der Waals surface area contributed by atoms with Crippen molar-refractivity contribution < 1.29 is 70.7 Å². The number of rotatable bonds is 11. The van der Waals surface area contributed by atoms with Crippen LogP contribution < -0.4 is 16.0 Å².